The Labute approximate surface area is 124 Å². The molecule has 1 saturated heterocycles. The van der Waals surface area contributed by atoms with Crippen LogP contribution in [0.2, 0.25) is 0 Å². The second kappa shape index (κ2) is 5.81. The van der Waals surface area contributed by atoms with E-state index in [0.717, 1.165) is 49.0 Å². The van der Waals surface area contributed by atoms with Crippen LogP contribution >= 0.6 is 0 Å². The topological polar surface area (TPSA) is 56.1 Å². The zero-order chi connectivity index (χ0) is 14.8. The van der Waals surface area contributed by atoms with Crippen LogP contribution < -0.4 is 4.90 Å². The van der Waals surface area contributed by atoms with Crippen molar-refractivity contribution < 1.29 is 4.74 Å². The Morgan fingerprint density at radius 1 is 1.19 bits per heavy atom. The highest BCUT2D eigenvalue weighted by Crippen LogP contribution is 2.19. The third kappa shape index (κ3) is 2.90. The van der Waals surface area contributed by atoms with Crippen LogP contribution in [0, 0.1) is 13.8 Å². The van der Waals surface area contributed by atoms with Crippen molar-refractivity contribution in [3.8, 4) is 5.82 Å². The zero-order valence-electron chi connectivity index (χ0n) is 12.8. The molecule has 1 aliphatic rings. The monoisotopic (exact) mass is 287 g/mol. The molecule has 6 heteroatoms. The van der Waals surface area contributed by atoms with Crippen LogP contribution in [-0.2, 0) is 4.74 Å². The molecule has 0 unspecified atom stereocenters. The Balaban J connectivity index is 1.79. The van der Waals surface area contributed by atoms with Crippen LogP contribution in [0.3, 0.4) is 0 Å². The molecule has 0 spiro atoms. The number of methoxy groups -OCH3 is 1. The highest BCUT2D eigenvalue weighted by Gasteiger charge is 2.20. The van der Waals surface area contributed by atoms with Crippen LogP contribution in [0.15, 0.2) is 18.2 Å². The van der Waals surface area contributed by atoms with E-state index < -0.39 is 0 Å². The lowest BCUT2D eigenvalue weighted by atomic mass is 10.1. The number of piperidine rings is 1. The number of rotatable bonds is 3. The quantitative estimate of drug-likeness (QED) is 0.863. The lowest BCUT2D eigenvalue weighted by molar-refractivity contribution is 0.0891. The zero-order valence-corrected chi connectivity index (χ0v) is 12.8. The molecule has 3 rings (SSSR count). The van der Waals surface area contributed by atoms with E-state index in [1.165, 1.54) is 0 Å². The molecule has 1 aliphatic heterocycles. The summed E-state index contributed by atoms with van der Waals surface area (Å²) in [5, 5.41) is 13.1. The number of ether oxygens (including phenoxy) is 1. The Morgan fingerprint density at radius 3 is 2.57 bits per heavy atom. The Morgan fingerprint density at radius 2 is 1.95 bits per heavy atom. The molecule has 0 aromatic carbocycles. The Bertz CT molecular complexity index is 607. The molecule has 0 aliphatic carbocycles. The SMILES string of the molecule is CO[C@@H]1CCCN(c2ccc(-n3nc(C)cc3C)nn2)C1. The molecule has 0 radical (unpaired) electrons. The summed E-state index contributed by atoms with van der Waals surface area (Å²) in [6.45, 7) is 5.88. The van der Waals surface area contributed by atoms with E-state index in [9.17, 15) is 0 Å². The molecule has 112 valence electrons. The van der Waals surface area contributed by atoms with Gasteiger partial charge in [0.05, 0.1) is 11.8 Å². The van der Waals surface area contributed by atoms with Crippen molar-refractivity contribution in [3.63, 3.8) is 0 Å². The summed E-state index contributed by atoms with van der Waals surface area (Å²) < 4.78 is 7.27. The van der Waals surface area contributed by atoms with Crippen LogP contribution in [0.25, 0.3) is 5.82 Å². The van der Waals surface area contributed by atoms with Gasteiger partial charge < -0.3 is 9.64 Å². The first-order valence-corrected chi connectivity index (χ1v) is 7.32. The highest BCUT2D eigenvalue weighted by atomic mass is 16.5. The Kier molecular flexibility index (Phi) is 3.88. The third-order valence-electron chi connectivity index (χ3n) is 3.90. The maximum atomic E-state index is 5.45. The van der Waals surface area contributed by atoms with Crippen molar-refractivity contribution in [1.82, 2.24) is 20.0 Å². The van der Waals surface area contributed by atoms with Crippen LogP contribution in [0.5, 0.6) is 0 Å². The van der Waals surface area contributed by atoms with Crippen molar-refractivity contribution in [2.45, 2.75) is 32.8 Å². The fourth-order valence-electron chi connectivity index (χ4n) is 2.80. The summed E-state index contributed by atoms with van der Waals surface area (Å²) in [6, 6.07) is 6.01. The minimum Gasteiger partial charge on any atom is -0.380 e. The Hall–Kier alpha value is -1.95. The summed E-state index contributed by atoms with van der Waals surface area (Å²) in [7, 11) is 1.77. The van der Waals surface area contributed by atoms with Gasteiger partial charge in [-0.1, -0.05) is 0 Å². The number of hydrogen-bond donors (Lipinski definition) is 0. The smallest absolute Gasteiger partial charge is 0.176 e. The van der Waals surface area contributed by atoms with Gasteiger partial charge >= 0.3 is 0 Å². The molecule has 6 nitrogen and oxygen atoms in total. The van der Waals surface area contributed by atoms with Gasteiger partial charge in [-0.3, -0.25) is 0 Å². The molecule has 1 atom stereocenters. The van der Waals surface area contributed by atoms with E-state index >= 15 is 0 Å². The minimum absolute atomic E-state index is 0.288. The average molecular weight is 287 g/mol. The van der Waals surface area contributed by atoms with Crippen molar-refractivity contribution in [3.05, 3.63) is 29.6 Å². The largest absolute Gasteiger partial charge is 0.380 e. The van der Waals surface area contributed by atoms with E-state index in [2.05, 4.69) is 20.2 Å². The molecule has 2 aromatic rings. The number of hydrogen-bond acceptors (Lipinski definition) is 5. The van der Waals surface area contributed by atoms with Crippen LogP contribution in [-0.4, -0.2) is 46.3 Å². The van der Waals surface area contributed by atoms with Gasteiger partial charge in [0.1, 0.15) is 0 Å². The standard InChI is InChI=1S/C15H21N5O/c1-11-9-12(2)20(18-11)15-7-6-14(16-17-15)19-8-4-5-13(10-19)21-3/h6-7,9,13H,4-5,8,10H2,1-3H3/t13-/m1/s1. The van der Waals surface area contributed by atoms with Crippen molar-refractivity contribution in [2.75, 3.05) is 25.1 Å². The maximum Gasteiger partial charge on any atom is 0.176 e. The second-order valence-corrected chi connectivity index (χ2v) is 5.53. The fraction of sp³-hybridized carbons (Fsp3) is 0.533. The number of aryl methyl sites for hydroxylation is 2. The van der Waals surface area contributed by atoms with Gasteiger partial charge in [0.2, 0.25) is 0 Å². The molecule has 2 aromatic heterocycles. The third-order valence-corrected chi connectivity index (χ3v) is 3.90. The van der Waals surface area contributed by atoms with Crippen LogP contribution in [0.1, 0.15) is 24.2 Å². The summed E-state index contributed by atoms with van der Waals surface area (Å²) >= 11 is 0. The van der Waals surface area contributed by atoms with E-state index in [4.69, 9.17) is 4.74 Å². The summed E-state index contributed by atoms with van der Waals surface area (Å²) in [4.78, 5) is 2.23. The highest BCUT2D eigenvalue weighted by molar-refractivity contribution is 5.40. The number of nitrogens with zero attached hydrogens (tertiary/aromatic N) is 5. The fourth-order valence-corrected chi connectivity index (χ4v) is 2.80. The average Bonchev–Trinajstić information content (AvgIpc) is 2.86. The summed E-state index contributed by atoms with van der Waals surface area (Å²) in [5.41, 5.74) is 2.05. The first-order valence-electron chi connectivity index (χ1n) is 7.32. The van der Waals surface area contributed by atoms with E-state index in [0.29, 0.717) is 0 Å². The molecule has 0 saturated carbocycles. The van der Waals surface area contributed by atoms with Gasteiger partial charge in [-0.05, 0) is 44.9 Å². The number of anilines is 1. The molecular weight excluding hydrogens is 266 g/mol. The van der Waals surface area contributed by atoms with E-state index in [-0.39, 0.29) is 6.10 Å². The normalized spacial score (nSPS) is 19.0. The van der Waals surface area contributed by atoms with Gasteiger partial charge in [-0.15, -0.1) is 10.2 Å². The summed E-state index contributed by atoms with van der Waals surface area (Å²) in [6.07, 6.45) is 2.53. The van der Waals surface area contributed by atoms with E-state index in [1.807, 2.05) is 36.7 Å². The van der Waals surface area contributed by atoms with Crippen LogP contribution in [0.4, 0.5) is 5.82 Å². The predicted octanol–water partition coefficient (Wildman–Crippen LogP) is 1.89. The molecule has 1 fully saturated rings. The summed E-state index contributed by atoms with van der Waals surface area (Å²) in [5.74, 6) is 1.66. The van der Waals surface area contributed by atoms with Crippen molar-refractivity contribution in [2.24, 2.45) is 0 Å². The molecule has 0 bridgehead atoms. The molecule has 0 N–H and O–H groups in total. The number of aromatic nitrogens is 4. The van der Waals surface area contributed by atoms with Gasteiger partial charge in [-0.2, -0.15) is 5.10 Å². The maximum absolute atomic E-state index is 5.45. The van der Waals surface area contributed by atoms with E-state index in [1.54, 1.807) is 7.11 Å². The molecule has 3 heterocycles. The second-order valence-electron chi connectivity index (χ2n) is 5.53. The van der Waals surface area contributed by atoms with Gasteiger partial charge in [0.25, 0.3) is 0 Å². The molecule has 21 heavy (non-hydrogen) atoms. The van der Waals surface area contributed by atoms with Crippen molar-refractivity contribution in [1.29, 1.82) is 0 Å². The lowest BCUT2D eigenvalue weighted by Crippen LogP contribution is -2.39. The predicted molar refractivity (Wildman–Crippen MR) is 80.9 cm³/mol. The molecular formula is C15H21N5O. The minimum atomic E-state index is 0.288. The van der Waals surface area contributed by atoms with Gasteiger partial charge in [-0.25, -0.2) is 4.68 Å². The van der Waals surface area contributed by atoms with Gasteiger partial charge in [0, 0.05) is 25.9 Å². The first kappa shape index (κ1) is 14.0. The first-order chi connectivity index (χ1) is 10.2. The molecule has 0 amide bonds. The lowest BCUT2D eigenvalue weighted by Gasteiger charge is -2.32. The van der Waals surface area contributed by atoms with Crippen molar-refractivity contribution >= 4 is 5.82 Å². The van der Waals surface area contributed by atoms with Gasteiger partial charge in [0.15, 0.2) is 11.6 Å².